The van der Waals surface area contributed by atoms with Gasteiger partial charge >= 0.3 is 5.97 Å². The van der Waals surface area contributed by atoms with Crippen LogP contribution in [0.1, 0.15) is 19.4 Å². The summed E-state index contributed by atoms with van der Waals surface area (Å²) in [5, 5.41) is 0. The van der Waals surface area contributed by atoms with E-state index >= 15 is 0 Å². The van der Waals surface area contributed by atoms with E-state index in [9.17, 15) is 4.79 Å². The van der Waals surface area contributed by atoms with Gasteiger partial charge in [-0.3, -0.25) is 4.79 Å². The van der Waals surface area contributed by atoms with Crippen LogP contribution in [0.4, 0.5) is 5.69 Å². The molecule has 4 nitrogen and oxygen atoms in total. The number of benzene rings is 1. The predicted molar refractivity (Wildman–Crippen MR) is 76.1 cm³/mol. The van der Waals surface area contributed by atoms with E-state index < -0.39 is 6.04 Å². The third-order valence-corrected chi connectivity index (χ3v) is 3.44. The number of nitrogens with zero attached hydrogens (tertiary/aromatic N) is 1. The fourth-order valence-electron chi connectivity index (χ4n) is 2.64. The van der Waals surface area contributed by atoms with Crippen molar-refractivity contribution in [3.63, 3.8) is 0 Å². The van der Waals surface area contributed by atoms with E-state index in [1.54, 1.807) is 6.92 Å². The first kappa shape index (κ1) is 13.9. The summed E-state index contributed by atoms with van der Waals surface area (Å²) in [6, 6.07) is 7.74. The molecule has 2 N–H and O–H groups in total. The summed E-state index contributed by atoms with van der Waals surface area (Å²) in [6.07, 6.45) is 1.08. The molecule has 2 atom stereocenters. The van der Waals surface area contributed by atoms with Crippen molar-refractivity contribution in [2.75, 3.05) is 24.6 Å². The van der Waals surface area contributed by atoms with Gasteiger partial charge in [-0.05, 0) is 30.9 Å². The van der Waals surface area contributed by atoms with Gasteiger partial charge in [-0.2, -0.15) is 0 Å². The summed E-state index contributed by atoms with van der Waals surface area (Å²) >= 11 is 0. The average Bonchev–Trinajstić information content (AvgIpc) is 2.38. The Kier molecular flexibility index (Phi) is 4.43. The Labute approximate surface area is 114 Å². The highest BCUT2D eigenvalue weighted by Crippen LogP contribution is 2.29. The molecule has 2 rings (SSSR count). The smallest absolute Gasteiger partial charge is 0.324 e. The van der Waals surface area contributed by atoms with E-state index in [2.05, 4.69) is 30.0 Å². The Balaban J connectivity index is 2.10. The number of rotatable bonds is 4. The Morgan fingerprint density at radius 2 is 2.26 bits per heavy atom. The molecule has 1 aliphatic rings. The highest BCUT2D eigenvalue weighted by Gasteiger charge is 2.25. The van der Waals surface area contributed by atoms with Gasteiger partial charge in [0.25, 0.3) is 0 Å². The minimum absolute atomic E-state index is 0.321. The normalized spacial score (nSPS) is 19.7. The van der Waals surface area contributed by atoms with E-state index in [1.807, 2.05) is 6.07 Å². The van der Waals surface area contributed by atoms with Crippen LogP contribution in [-0.2, 0) is 16.0 Å². The molecule has 0 aromatic heterocycles. The lowest BCUT2D eigenvalue weighted by Crippen LogP contribution is -2.46. The molecule has 0 saturated carbocycles. The molecule has 1 aliphatic heterocycles. The molecule has 0 saturated heterocycles. The van der Waals surface area contributed by atoms with Crippen LogP contribution in [0, 0.1) is 5.92 Å². The fourth-order valence-corrected chi connectivity index (χ4v) is 2.64. The van der Waals surface area contributed by atoms with Crippen molar-refractivity contribution in [3.05, 3.63) is 29.8 Å². The van der Waals surface area contributed by atoms with E-state index in [0.29, 0.717) is 19.1 Å². The van der Waals surface area contributed by atoms with Crippen LogP contribution in [0.2, 0.25) is 0 Å². The molecule has 0 bridgehead atoms. The van der Waals surface area contributed by atoms with Crippen molar-refractivity contribution in [2.45, 2.75) is 26.3 Å². The zero-order valence-electron chi connectivity index (χ0n) is 11.6. The van der Waals surface area contributed by atoms with Crippen LogP contribution in [-0.4, -0.2) is 31.7 Å². The van der Waals surface area contributed by atoms with Gasteiger partial charge in [-0.25, -0.2) is 0 Å². The number of esters is 1. The Morgan fingerprint density at radius 1 is 1.53 bits per heavy atom. The summed E-state index contributed by atoms with van der Waals surface area (Å²) in [5.41, 5.74) is 8.45. The maximum atomic E-state index is 11.6. The molecule has 0 amide bonds. The van der Waals surface area contributed by atoms with Crippen LogP contribution in [0.5, 0.6) is 0 Å². The van der Waals surface area contributed by atoms with Crippen LogP contribution < -0.4 is 10.6 Å². The number of anilines is 1. The number of carbonyl (C=O) groups is 1. The Morgan fingerprint density at radius 3 is 3.00 bits per heavy atom. The maximum absolute atomic E-state index is 11.6. The number of ether oxygens (including phenoxy) is 1. The highest BCUT2D eigenvalue weighted by molar-refractivity contribution is 5.76. The Bertz CT molecular complexity index is 448. The SMILES string of the molecule is CCOC(=O)C(N)CN1CC(C)Cc2ccccc21. The number of hydrogen-bond acceptors (Lipinski definition) is 4. The van der Waals surface area contributed by atoms with E-state index in [-0.39, 0.29) is 5.97 Å². The van der Waals surface area contributed by atoms with Crippen LogP contribution in [0.25, 0.3) is 0 Å². The number of nitrogens with two attached hydrogens (primary N) is 1. The van der Waals surface area contributed by atoms with E-state index in [0.717, 1.165) is 13.0 Å². The molecule has 0 radical (unpaired) electrons. The van der Waals surface area contributed by atoms with E-state index in [1.165, 1.54) is 11.3 Å². The van der Waals surface area contributed by atoms with Crippen LogP contribution >= 0.6 is 0 Å². The van der Waals surface area contributed by atoms with Gasteiger partial charge in [0.1, 0.15) is 6.04 Å². The minimum atomic E-state index is -0.585. The molecular formula is C15H22N2O2. The molecule has 1 heterocycles. The van der Waals surface area contributed by atoms with E-state index in [4.69, 9.17) is 10.5 Å². The quantitative estimate of drug-likeness (QED) is 0.837. The summed E-state index contributed by atoms with van der Waals surface area (Å²) in [6.45, 7) is 5.84. The Hall–Kier alpha value is -1.55. The lowest BCUT2D eigenvalue weighted by Gasteiger charge is -2.35. The van der Waals surface area contributed by atoms with Crippen molar-refractivity contribution >= 4 is 11.7 Å². The molecular weight excluding hydrogens is 240 g/mol. The first-order valence-corrected chi connectivity index (χ1v) is 6.87. The van der Waals surface area contributed by atoms with Gasteiger partial charge in [0, 0.05) is 18.8 Å². The monoisotopic (exact) mass is 262 g/mol. The first-order chi connectivity index (χ1) is 9.11. The molecule has 0 spiro atoms. The second-order valence-corrected chi connectivity index (χ2v) is 5.20. The van der Waals surface area contributed by atoms with Gasteiger partial charge in [0.05, 0.1) is 6.61 Å². The molecule has 0 fully saturated rings. The molecule has 4 heteroatoms. The summed E-state index contributed by atoms with van der Waals surface area (Å²) in [5.74, 6) is 0.252. The molecule has 19 heavy (non-hydrogen) atoms. The minimum Gasteiger partial charge on any atom is -0.465 e. The lowest BCUT2D eigenvalue weighted by molar-refractivity contribution is -0.144. The maximum Gasteiger partial charge on any atom is 0.324 e. The second-order valence-electron chi connectivity index (χ2n) is 5.20. The van der Waals surface area contributed by atoms with Gasteiger partial charge in [0.2, 0.25) is 0 Å². The first-order valence-electron chi connectivity index (χ1n) is 6.87. The van der Waals surface area contributed by atoms with Crippen molar-refractivity contribution in [2.24, 2.45) is 11.7 Å². The number of hydrogen-bond donors (Lipinski definition) is 1. The van der Waals surface area contributed by atoms with Crippen molar-refractivity contribution in [3.8, 4) is 0 Å². The van der Waals surface area contributed by atoms with Crippen molar-refractivity contribution in [1.82, 2.24) is 0 Å². The van der Waals surface area contributed by atoms with Gasteiger partial charge < -0.3 is 15.4 Å². The molecule has 0 aliphatic carbocycles. The summed E-state index contributed by atoms with van der Waals surface area (Å²) in [4.78, 5) is 13.8. The second kappa shape index (κ2) is 6.06. The van der Waals surface area contributed by atoms with Gasteiger partial charge in [0.15, 0.2) is 0 Å². The number of fused-ring (bicyclic) bond motifs is 1. The molecule has 1 aromatic carbocycles. The standard InChI is InChI=1S/C15H22N2O2/c1-3-19-15(18)13(16)10-17-9-11(2)8-12-6-4-5-7-14(12)17/h4-7,11,13H,3,8-10,16H2,1-2H3. The fraction of sp³-hybridized carbons (Fsp3) is 0.533. The molecule has 2 unspecified atom stereocenters. The molecule has 104 valence electrons. The average molecular weight is 262 g/mol. The zero-order valence-corrected chi connectivity index (χ0v) is 11.6. The van der Waals surface area contributed by atoms with Crippen molar-refractivity contribution in [1.29, 1.82) is 0 Å². The molecule has 1 aromatic rings. The van der Waals surface area contributed by atoms with Crippen LogP contribution in [0.15, 0.2) is 24.3 Å². The summed E-state index contributed by atoms with van der Waals surface area (Å²) < 4.78 is 4.97. The lowest BCUT2D eigenvalue weighted by atomic mass is 9.93. The third-order valence-electron chi connectivity index (χ3n) is 3.44. The van der Waals surface area contributed by atoms with Gasteiger partial charge in [-0.15, -0.1) is 0 Å². The topological polar surface area (TPSA) is 55.6 Å². The van der Waals surface area contributed by atoms with Crippen LogP contribution in [0.3, 0.4) is 0 Å². The number of carbonyl (C=O) groups excluding carboxylic acids is 1. The van der Waals surface area contributed by atoms with Gasteiger partial charge in [-0.1, -0.05) is 25.1 Å². The summed E-state index contributed by atoms with van der Waals surface area (Å²) in [7, 11) is 0. The number of para-hydroxylation sites is 1. The largest absolute Gasteiger partial charge is 0.465 e. The zero-order chi connectivity index (χ0) is 13.8. The third kappa shape index (κ3) is 3.26. The predicted octanol–water partition coefficient (Wildman–Crippen LogP) is 1.58. The van der Waals surface area contributed by atoms with Crippen molar-refractivity contribution < 1.29 is 9.53 Å². The highest BCUT2D eigenvalue weighted by atomic mass is 16.5.